The Morgan fingerprint density at radius 1 is 1.39 bits per heavy atom. The molecule has 0 saturated carbocycles. The van der Waals surface area contributed by atoms with Crippen molar-refractivity contribution in [3.8, 4) is 0 Å². The maximum Gasteiger partial charge on any atom is 0.234 e. The van der Waals surface area contributed by atoms with Gasteiger partial charge in [0.1, 0.15) is 0 Å². The highest BCUT2D eigenvalue weighted by Gasteiger charge is 2.03. The number of nitrogens with one attached hydrogen (secondary N) is 1. The summed E-state index contributed by atoms with van der Waals surface area (Å²) < 4.78 is 0. The van der Waals surface area contributed by atoms with Crippen LogP contribution in [0.25, 0.3) is 0 Å². The summed E-state index contributed by atoms with van der Waals surface area (Å²) in [7, 11) is 0. The number of carbonyl (C=O) groups excluding carboxylic acids is 1. The molecule has 0 aliphatic carbocycles. The van der Waals surface area contributed by atoms with Crippen LogP contribution < -0.4 is 11.1 Å². The summed E-state index contributed by atoms with van der Waals surface area (Å²) in [5, 5.41) is 2.86. The molecule has 0 unspecified atom stereocenters. The highest BCUT2D eigenvalue weighted by atomic mass is 32.2. The number of nitrogens with two attached hydrogens (primary N) is 1. The summed E-state index contributed by atoms with van der Waals surface area (Å²) in [5.41, 5.74) is 8.31. The van der Waals surface area contributed by atoms with E-state index >= 15 is 0 Å². The van der Waals surface area contributed by atoms with E-state index in [0.29, 0.717) is 11.4 Å². The first-order valence-corrected chi connectivity index (χ1v) is 7.52. The summed E-state index contributed by atoms with van der Waals surface area (Å²) >= 11 is 1.68. The molecule has 1 amide bonds. The topological polar surface area (TPSA) is 55.1 Å². The minimum Gasteiger partial charge on any atom is -0.398 e. The highest BCUT2D eigenvalue weighted by Crippen LogP contribution is 2.17. The molecule has 0 heterocycles. The zero-order chi connectivity index (χ0) is 13.4. The number of amides is 1. The molecule has 0 saturated heterocycles. The van der Waals surface area contributed by atoms with Gasteiger partial charge in [-0.1, -0.05) is 25.8 Å². The molecular weight excluding hydrogens is 244 g/mol. The van der Waals surface area contributed by atoms with E-state index in [1.165, 1.54) is 19.3 Å². The van der Waals surface area contributed by atoms with Crippen molar-refractivity contribution >= 4 is 29.0 Å². The molecule has 3 nitrogen and oxygen atoms in total. The third-order valence-corrected chi connectivity index (χ3v) is 3.73. The van der Waals surface area contributed by atoms with Crippen LogP contribution in [0.2, 0.25) is 0 Å². The molecule has 1 aromatic rings. The second-order valence-corrected chi connectivity index (χ2v) is 5.48. The molecule has 0 radical (unpaired) electrons. The molecule has 3 N–H and O–H groups in total. The first-order chi connectivity index (χ1) is 8.63. The molecule has 18 heavy (non-hydrogen) atoms. The summed E-state index contributed by atoms with van der Waals surface area (Å²) in [6.45, 7) is 4.13. The van der Waals surface area contributed by atoms with Crippen LogP contribution in [0.3, 0.4) is 0 Å². The average molecular weight is 266 g/mol. The van der Waals surface area contributed by atoms with Crippen LogP contribution in [-0.4, -0.2) is 17.4 Å². The first-order valence-electron chi connectivity index (χ1n) is 6.37. The largest absolute Gasteiger partial charge is 0.398 e. The van der Waals surface area contributed by atoms with Crippen LogP contribution >= 0.6 is 11.8 Å². The lowest BCUT2D eigenvalue weighted by atomic mass is 10.2. The first kappa shape index (κ1) is 14.9. The Bertz CT molecular complexity index is 393. The number of unbranched alkanes of at least 4 members (excludes halogenated alkanes) is 2. The summed E-state index contributed by atoms with van der Waals surface area (Å²) in [5.74, 6) is 1.61. The van der Waals surface area contributed by atoms with Crippen molar-refractivity contribution in [1.29, 1.82) is 0 Å². The van der Waals surface area contributed by atoms with Gasteiger partial charge in [0, 0.05) is 11.4 Å². The summed E-state index contributed by atoms with van der Waals surface area (Å²) in [6.07, 6.45) is 3.64. The van der Waals surface area contributed by atoms with Gasteiger partial charge in [0.15, 0.2) is 0 Å². The van der Waals surface area contributed by atoms with E-state index in [-0.39, 0.29) is 5.91 Å². The number of rotatable bonds is 7. The van der Waals surface area contributed by atoms with Gasteiger partial charge < -0.3 is 11.1 Å². The Labute approximate surface area is 114 Å². The molecule has 0 aliphatic heterocycles. The van der Waals surface area contributed by atoms with Gasteiger partial charge >= 0.3 is 0 Å². The normalized spacial score (nSPS) is 10.3. The highest BCUT2D eigenvalue weighted by molar-refractivity contribution is 7.99. The SMILES string of the molecule is CCCCCSCC(=O)Nc1ccc(C)c(N)c1. The number of carbonyl (C=O) groups is 1. The molecule has 0 spiro atoms. The number of thioether (sulfide) groups is 1. The van der Waals surface area contributed by atoms with Crippen molar-refractivity contribution in [2.45, 2.75) is 33.1 Å². The van der Waals surface area contributed by atoms with Gasteiger partial charge in [-0.05, 0) is 36.8 Å². The van der Waals surface area contributed by atoms with E-state index in [0.717, 1.165) is 17.0 Å². The van der Waals surface area contributed by atoms with Gasteiger partial charge in [0.25, 0.3) is 0 Å². The molecule has 1 aromatic carbocycles. The van der Waals surface area contributed by atoms with E-state index in [1.54, 1.807) is 17.8 Å². The third-order valence-electron chi connectivity index (χ3n) is 2.69. The van der Waals surface area contributed by atoms with Gasteiger partial charge in [-0.25, -0.2) is 0 Å². The van der Waals surface area contributed by atoms with Crippen LogP contribution in [0, 0.1) is 6.92 Å². The monoisotopic (exact) mass is 266 g/mol. The van der Waals surface area contributed by atoms with Crippen molar-refractivity contribution in [1.82, 2.24) is 0 Å². The molecule has 0 bridgehead atoms. The molecule has 0 aromatic heterocycles. The Morgan fingerprint density at radius 2 is 2.17 bits per heavy atom. The maximum absolute atomic E-state index is 11.7. The lowest BCUT2D eigenvalue weighted by Gasteiger charge is -2.07. The Balaban J connectivity index is 2.29. The fraction of sp³-hybridized carbons (Fsp3) is 0.500. The molecular formula is C14H22N2OS. The fourth-order valence-corrected chi connectivity index (χ4v) is 2.34. The Kier molecular flexibility index (Phi) is 6.65. The van der Waals surface area contributed by atoms with Gasteiger partial charge in [0.2, 0.25) is 5.91 Å². The molecule has 100 valence electrons. The van der Waals surface area contributed by atoms with E-state index < -0.39 is 0 Å². The molecule has 4 heteroatoms. The number of hydrogen-bond acceptors (Lipinski definition) is 3. The zero-order valence-electron chi connectivity index (χ0n) is 11.2. The average Bonchev–Trinajstić information content (AvgIpc) is 2.34. The number of anilines is 2. The maximum atomic E-state index is 11.7. The van der Waals surface area contributed by atoms with Crippen molar-refractivity contribution < 1.29 is 4.79 Å². The van der Waals surface area contributed by atoms with E-state index in [4.69, 9.17) is 5.73 Å². The standard InChI is InChI=1S/C14H22N2OS/c1-3-4-5-8-18-10-14(17)16-12-7-6-11(2)13(15)9-12/h6-7,9H,3-5,8,10,15H2,1-2H3,(H,16,17). The van der Waals surface area contributed by atoms with Crippen molar-refractivity contribution in [2.24, 2.45) is 0 Å². The number of aryl methyl sites for hydroxylation is 1. The van der Waals surface area contributed by atoms with Crippen molar-refractivity contribution in [3.63, 3.8) is 0 Å². The lowest BCUT2D eigenvalue weighted by Crippen LogP contribution is -2.14. The van der Waals surface area contributed by atoms with Gasteiger partial charge in [0.05, 0.1) is 5.75 Å². The second-order valence-electron chi connectivity index (χ2n) is 4.38. The Hall–Kier alpha value is -1.16. The van der Waals surface area contributed by atoms with Crippen LogP contribution in [0.4, 0.5) is 11.4 Å². The molecule has 1 rings (SSSR count). The smallest absolute Gasteiger partial charge is 0.234 e. The number of hydrogen-bond donors (Lipinski definition) is 2. The van der Waals surface area contributed by atoms with Crippen molar-refractivity contribution in [2.75, 3.05) is 22.6 Å². The van der Waals surface area contributed by atoms with E-state index in [2.05, 4.69) is 12.2 Å². The minimum atomic E-state index is 0.0414. The van der Waals surface area contributed by atoms with E-state index in [9.17, 15) is 4.79 Å². The predicted octanol–water partition coefficient (Wildman–Crippen LogP) is 3.44. The van der Waals surface area contributed by atoms with E-state index in [1.807, 2.05) is 19.1 Å². The Morgan fingerprint density at radius 3 is 2.83 bits per heavy atom. The zero-order valence-corrected chi connectivity index (χ0v) is 12.0. The van der Waals surface area contributed by atoms with Crippen LogP contribution in [-0.2, 0) is 4.79 Å². The minimum absolute atomic E-state index is 0.0414. The van der Waals surface area contributed by atoms with Gasteiger partial charge in [-0.15, -0.1) is 0 Å². The second kappa shape index (κ2) is 8.03. The van der Waals surface area contributed by atoms with Gasteiger partial charge in [-0.2, -0.15) is 11.8 Å². The number of benzene rings is 1. The van der Waals surface area contributed by atoms with Crippen LogP contribution in [0.5, 0.6) is 0 Å². The predicted molar refractivity (Wildman–Crippen MR) is 81.1 cm³/mol. The van der Waals surface area contributed by atoms with Gasteiger partial charge in [-0.3, -0.25) is 4.79 Å². The summed E-state index contributed by atoms with van der Waals surface area (Å²) in [6, 6.07) is 5.60. The fourth-order valence-electron chi connectivity index (χ4n) is 1.53. The summed E-state index contributed by atoms with van der Waals surface area (Å²) in [4.78, 5) is 11.7. The third kappa shape index (κ3) is 5.45. The quantitative estimate of drug-likeness (QED) is 0.587. The molecule has 0 aliphatic rings. The molecule has 0 fully saturated rings. The lowest BCUT2D eigenvalue weighted by molar-refractivity contribution is -0.113. The number of nitrogen functional groups attached to an aromatic ring is 1. The van der Waals surface area contributed by atoms with Crippen molar-refractivity contribution in [3.05, 3.63) is 23.8 Å². The van der Waals surface area contributed by atoms with Crippen LogP contribution in [0.1, 0.15) is 31.7 Å². The van der Waals surface area contributed by atoms with Crippen LogP contribution in [0.15, 0.2) is 18.2 Å². The molecule has 0 atom stereocenters.